The number of carbonyl (C=O) groups is 1. The Hall–Kier alpha value is -3.27. The van der Waals surface area contributed by atoms with Crippen molar-refractivity contribution in [2.24, 2.45) is 0 Å². The lowest BCUT2D eigenvalue weighted by atomic mass is 10.2. The Kier molecular flexibility index (Phi) is 4.67. The van der Waals surface area contributed by atoms with Gasteiger partial charge < -0.3 is 14.5 Å². The number of carbonyl (C=O) groups excluding carboxylic acids is 1. The lowest BCUT2D eigenvalue weighted by molar-refractivity contribution is 0.245. The van der Waals surface area contributed by atoms with E-state index < -0.39 is 21.8 Å². The first-order valence-corrected chi connectivity index (χ1v) is 8.92. The van der Waals surface area contributed by atoms with E-state index >= 15 is 0 Å². The molecule has 0 aliphatic carbocycles. The maximum Gasteiger partial charge on any atom is 0.417 e. The summed E-state index contributed by atoms with van der Waals surface area (Å²) >= 11 is 0. The van der Waals surface area contributed by atoms with Gasteiger partial charge >= 0.3 is 11.8 Å². The summed E-state index contributed by atoms with van der Waals surface area (Å²) in [6.45, 7) is 0.136. The molecule has 0 radical (unpaired) electrons. The van der Waals surface area contributed by atoms with E-state index in [1.165, 1.54) is 12.1 Å². The van der Waals surface area contributed by atoms with Gasteiger partial charge in [-0.25, -0.2) is 22.7 Å². The van der Waals surface area contributed by atoms with E-state index in [2.05, 4.69) is 10.3 Å². The second kappa shape index (κ2) is 6.92. The monoisotopic (exact) mass is 377 g/mol. The van der Waals surface area contributed by atoms with Gasteiger partial charge in [-0.05, 0) is 29.8 Å². The number of aromatic amines is 1. The van der Waals surface area contributed by atoms with Crippen LogP contribution in [0.1, 0.15) is 5.56 Å². The van der Waals surface area contributed by atoms with Crippen molar-refractivity contribution in [1.29, 1.82) is 0 Å². The number of ether oxygens (including phenoxy) is 1. The number of methoxy groups -OCH3 is 1. The van der Waals surface area contributed by atoms with E-state index in [0.717, 1.165) is 11.6 Å². The van der Waals surface area contributed by atoms with Crippen LogP contribution in [0.15, 0.2) is 56.6 Å². The van der Waals surface area contributed by atoms with E-state index in [9.17, 15) is 18.0 Å². The van der Waals surface area contributed by atoms with Crippen molar-refractivity contribution in [2.45, 2.75) is 11.4 Å². The number of amides is 2. The number of hydrogen-bond acceptors (Lipinski definition) is 6. The largest absolute Gasteiger partial charge is 0.497 e. The van der Waals surface area contributed by atoms with Crippen molar-refractivity contribution in [3.8, 4) is 5.75 Å². The molecule has 0 spiro atoms. The molecular weight excluding hydrogens is 362 g/mol. The molecular formula is C16H15N3O6S. The van der Waals surface area contributed by atoms with Gasteiger partial charge in [0.05, 0.1) is 17.5 Å². The standard InChI is InChI=1S/C16H15N3O6S/c1-24-11-4-2-10(3-5-11)9-17-15(20)19-26(22,23)12-6-7-13-14(8-12)25-16(21)18-13/h2-8H,9H2,1H3,(H,18,21)(H2,17,19,20). The Morgan fingerprint density at radius 3 is 2.62 bits per heavy atom. The lowest BCUT2D eigenvalue weighted by Crippen LogP contribution is -2.39. The Bertz CT molecular complexity index is 1100. The van der Waals surface area contributed by atoms with Crippen LogP contribution < -0.4 is 20.5 Å². The first kappa shape index (κ1) is 17.5. The number of sulfonamides is 1. The average molecular weight is 377 g/mol. The molecule has 0 aliphatic heterocycles. The van der Waals surface area contributed by atoms with Gasteiger partial charge in [-0.15, -0.1) is 0 Å². The molecule has 1 heterocycles. The van der Waals surface area contributed by atoms with Crippen LogP contribution in [-0.2, 0) is 16.6 Å². The van der Waals surface area contributed by atoms with Crippen molar-refractivity contribution in [3.63, 3.8) is 0 Å². The van der Waals surface area contributed by atoms with Crippen LogP contribution in [0.25, 0.3) is 11.1 Å². The molecule has 26 heavy (non-hydrogen) atoms. The van der Waals surface area contributed by atoms with Gasteiger partial charge in [-0.2, -0.15) is 0 Å². The smallest absolute Gasteiger partial charge is 0.417 e. The van der Waals surface area contributed by atoms with Crippen LogP contribution in [0.3, 0.4) is 0 Å². The summed E-state index contributed by atoms with van der Waals surface area (Å²) < 4.78 is 36.3. The fourth-order valence-corrected chi connectivity index (χ4v) is 3.18. The van der Waals surface area contributed by atoms with Crippen LogP contribution in [0, 0.1) is 0 Å². The summed E-state index contributed by atoms with van der Waals surface area (Å²) in [4.78, 5) is 25.2. The molecule has 0 atom stereocenters. The summed E-state index contributed by atoms with van der Waals surface area (Å²) in [5.41, 5.74) is 1.21. The third-order valence-corrected chi connectivity index (χ3v) is 4.87. The van der Waals surface area contributed by atoms with Crippen molar-refractivity contribution in [1.82, 2.24) is 15.0 Å². The van der Waals surface area contributed by atoms with Crippen molar-refractivity contribution in [3.05, 3.63) is 58.6 Å². The second-order valence-electron chi connectivity index (χ2n) is 5.31. The van der Waals surface area contributed by atoms with Gasteiger partial charge in [0, 0.05) is 12.6 Å². The average Bonchev–Trinajstić information content (AvgIpc) is 2.99. The minimum Gasteiger partial charge on any atom is -0.497 e. The number of H-pyrrole nitrogens is 1. The highest BCUT2D eigenvalue weighted by Gasteiger charge is 2.19. The van der Waals surface area contributed by atoms with Gasteiger partial charge in [0.15, 0.2) is 5.58 Å². The number of aromatic nitrogens is 1. The highest BCUT2D eigenvalue weighted by molar-refractivity contribution is 7.90. The Morgan fingerprint density at radius 2 is 1.92 bits per heavy atom. The van der Waals surface area contributed by atoms with Gasteiger partial charge in [0.2, 0.25) is 0 Å². The van der Waals surface area contributed by atoms with E-state index in [0.29, 0.717) is 11.3 Å². The number of benzene rings is 2. The Labute approximate surface area is 148 Å². The summed E-state index contributed by atoms with van der Waals surface area (Å²) in [5.74, 6) is -0.0210. The van der Waals surface area contributed by atoms with Crippen LogP contribution in [-0.4, -0.2) is 26.5 Å². The molecule has 136 valence electrons. The van der Waals surface area contributed by atoms with E-state index in [1.54, 1.807) is 31.4 Å². The van der Waals surface area contributed by atoms with Crippen LogP contribution in [0.4, 0.5) is 4.79 Å². The molecule has 10 heteroatoms. The SMILES string of the molecule is COc1ccc(CNC(=O)NS(=O)(=O)c2ccc3[nH]c(=O)oc3c2)cc1. The number of urea groups is 1. The molecule has 0 bridgehead atoms. The van der Waals surface area contributed by atoms with E-state index in [1.807, 2.05) is 4.72 Å². The number of hydrogen-bond donors (Lipinski definition) is 3. The predicted molar refractivity (Wildman–Crippen MR) is 92.4 cm³/mol. The zero-order chi connectivity index (χ0) is 18.7. The molecule has 0 fully saturated rings. The molecule has 0 aliphatic rings. The van der Waals surface area contributed by atoms with Crippen LogP contribution >= 0.6 is 0 Å². The van der Waals surface area contributed by atoms with Crippen molar-refractivity contribution >= 4 is 27.2 Å². The summed E-state index contributed by atoms with van der Waals surface area (Å²) in [7, 11) is -2.57. The number of nitrogens with one attached hydrogen (secondary N) is 3. The van der Waals surface area contributed by atoms with Crippen LogP contribution in [0.2, 0.25) is 0 Å². The minimum atomic E-state index is -4.11. The summed E-state index contributed by atoms with van der Waals surface area (Å²) in [6, 6.07) is 9.86. The molecule has 9 nitrogen and oxygen atoms in total. The molecule has 0 saturated carbocycles. The second-order valence-corrected chi connectivity index (χ2v) is 6.99. The molecule has 2 aromatic carbocycles. The van der Waals surface area contributed by atoms with Gasteiger partial charge in [-0.3, -0.25) is 4.98 Å². The van der Waals surface area contributed by atoms with Gasteiger partial charge in [-0.1, -0.05) is 12.1 Å². The number of fused-ring (bicyclic) bond motifs is 1. The molecule has 0 unspecified atom stereocenters. The third kappa shape index (κ3) is 3.86. The zero-order valence-corrected chi connectivity index (χ0v) is 14.4. The van der Waals surface area contributed by atoms with E-state index in [-0.39, 0.29) is 17.0 Å². The molecule has 0 saturated heterocycles. The maximum atomic E-state index is 12.3. The predicted octanol–water partition coefficient (Wildman–Crippen LogP) is 1.32. The summed E-state index contributed by atoms with van der Waals surface area (Å²) in [5, 5.41) is 2.45. The van der Waals surface area contributed by atoms with E-state index in [4.69, 9.17) is 9.15 Å². The lowest BCUT2D eigenvalue weighted by Gasteiger charge is -2.09. The first-order chi connectivity index (χ1) is 12.4. The number of rotatable bonds is 5. The fraction of sp³-hybridized carbons (Fsp3) is 0.125. The normalized spacial score (nSPS) is 11.3. The Morgan fingerprint density at radius 1 is 1.19 bits per heavy atom. The molecule has 3 N–H and O–H groups in total. The Balaban J connectivity index is 1.67. The third-order valence-electron chi connectivity index (χ3n) is 3.54. The zero-order valence-electron chi connectivity index (χ0n) is 13.6. The first-order valence-electron chi connectivity index (χ1n) is 7.44. The molecule has 3 rings (SSSR count). The topological polar surface area (TPSA) is 130 Å². The quantitative estimate of drug-likeness (QED) is 0.615. The molecule has 1 aromatic heterocycles. The highest BCUT2D eigenvalue weighted by atomic mass is 32.2. The summed E-state index contributed by atoms with van der Waals surface area (Å²) in [6.07, 6.45) is 0. The molecule has 3 aromatic rings. The molecule has 2 amide bonds. The van der Waals surface area contributed by atoms with Crippen molar-refractivity contribution < 1.29 is 22.4 Å². The van der Waals surface area contributed by atoms with Gasteiger partial charge in [0.25, 0.3) is 10.0 Å². The fourth-order valence-electron chi connectivity index (χ4n) is 2.24. The van der Waals surface area contributed by atoms with Gasteiger partial charge in [0.1, 0.15) is 5.75 Å². The maximum absolute atomic E-state index is 12.3. The van der Waals surface area contributed by atoms with Crippen molar-refractivity contribution in [2.75, 3.05) is 7.11 Å². The highest BCUT2D eigenvalue weighted by Crippen LogP contribution is 2.16. The minimum absolute atomic E-state index is 0.0801. The van der Waals surface area contributed by atoms with Crippen LogP contribution in [0.5, 0.6) is 5.75 Å². The number of oxazole rings is 1.